The highest BCUT2D eigenvalue weighted by atomic mass is 35.5. The number of carbonyl (C=O) groups is 1. The average Bonchev–Trinajstić information content (AvgIpc) is 2.98. The number of rotatable bonds is 6. The number of aromatic nitrogens is 4. The van der Waals surface area contributed by atoms with E-state index in [2.05, 4.69) is 19.8 Å². The van der Waals surface area contributed by atoms with Gasteiger partial charge in [0.15, 0.2) is 5.03 Å². The van der Waals surface area contributed by atoms with Crippen molar-refractivity contribution in [1.29, 1.82) is 0 Å². The molecule has 3 N–H and O–H groups in total. The number of carboxylic acid groups (broad SMARTS) is 1. The van der Waals surface area contributed by atoms with Gasteiger partial charge in [-0.3, -0.25) is 9.48 Å². The molecule has 2 rings (SSSR count). The van der Waals surface area contributed by atoms with Crippen molar-refractivity contribution in [2.75, 3.05) is 0 Å². The first-order chi connectivity index (χ1) is 9.81. The van der Waals surface area contributed by atoms with Gasteiger partial charge in [-0.1, -0.05) is 11.6 Å². The van der Waals surface area contributed by atoms with E-state index in [1.807, 2.05) is 0 Å². The monoisotopic (exact) mass is 333 g/mol. The summed E-state index contributed by atoms with van der Waals surface area (Å²) in [4.78, 5) is 17.7. The molecule has 0 aliphatic heterocycles. The Hall–Kier alpha value is -1.91. The maximum atomic E-state index is 12.2. The van der Waals surface area contributed by atoms with Gasteiger partial charge in [-0.25, -0.2) is 13.4 Å². The molecule has 0 fully saturated rings. The van der Waals surface area contributed by atoms with E-state index >= 15 is 0 Å². The summed E-state index contributed by atoms with van der Waals surface area (Å²) >= 11 is 5.77. The minimum absolute atomic E-state index is 0.0793. The second-order valence-electron chi connectivity index (χ2n) is 4.21. The molecule has 0 radical (unpaired) electrons. The quantitative estimate of drug-likeness (QED) is 0.669. The highest BCUT2D eigenvalue weighted by molar-refractivity contribution is 7.89. The number of hydrogen-bond donors (Lipinski definition) is 3. The summed E-state index contributed by atoms with van der Waals surface area (Å²) in [5.74, 6) is -1.31. The van der Waals surface area contributed by atoms with E-state index in [0.717, 1.165) is 4.68 Å². The van der Waals surface area contributed by atoms with Crippen molar-refractivity contribution in [3.63, 3.8) is 0 Å². The first-order valence-corrected chi connectivity index (χ1v) is 7.57. The Morgan fingerprint density at radius 2 is 2.29 bits per heavy atom. The van der Waals surface area contributed by atoms with Gasteiger partial charge in [-0.2, -0.15) is 9.82 Å². The number of nitrogens with one attached hydrogen (secondary N) is 2. The molecule has 21 heavy (non-hydrogen) atoms. The zero-order valence-corrected chi connectivity index (χ0v) is 12.4. The molecular formula is C10H12ClN5O4S. The van der Waals surface area contributed by atoms with Crippen molar-refractivity contribution in [2.45, 2.75) is 17.5 Å². The lowest BCUT2D eigenvalue weighted by Gasteiger charge is -2.14. The lowest BCUT2D eigenvalue weighted by molar-refractivity contribution is -0.138. The molecule has 9 nitrogen and oxygen atoms in total. The third kappa shape index (κ3) is 3.40. The molecule has 2 aromatic rings. The van der Waals surface area contributed by atoms with Crippen molar-refractivity contribution >= 4 is 27.6 Å². The maximum absolute atomic E-state index is 12.2. The van der Waals surface area contributed by atoms with Crippen LogP contribution in [0.4, 0.5) is 0 Å². The molecule has 0 amide bonds. The number of carboxylic acids is 1. The second-order valence-corrected chi connectivity index (χ2v) is 6.25. The lowest BCUT2D eigenvalue weighted by Crippen LogP contribution is -2.42. The minimum atomic E-state index is -4.12. The van der Waals surface area contributed by atoms with E-state index in [0.29, 0.717) is 5.69 Å². The summed E-state index contributed by atoms with van der Waals surface area (Å²) in [5, 5.41) is 12.5. The predicted molar refractivity (Wildman–Crippen MR) is 72.3 cm³/mol. The molecule has 2 heterocycles. The number of aliphatic carboxylic acids is 1. The van der Waals surface area contributed by atoms with Crippen LogP contribution in [0, 0.1) is 0 Å². The summed E-state index contributed by atoms with van der Waals surface area (Å²) < 4.78 is 27.6. The summed E-state index contributed by atoms with van der Waals surface area (Å²) in [7, 11) is -2.73. The SMILES string of the molecule is Cn1ncc(Cl)c1S(=O)(=O)NC(Cc1cnc[nH]1)C(=O)O. The van der Waals surface area contributed by atoms with Crippen molar-refractivity contribution in [2.24, 2.45) is 7.05 Å². The molecule has 0 aromatic carbocycles. The number of hydrogen-bond acceptors (Lipinski definition) is 5. The Labute approximate surface area is 125 Å². The van der Waals surface area contributed by atoms with Crippen LogP contribution in [0.15, 0.2) is 23.7 Å². The number of halogens is 1. The van der Waals surface area contributed by atoms with E-state index in [1.54, 1.807) is 0 Å². The van der Waals surface area contributed by atoms with Crippen LogP contribution in [0.5, 0.6) is 0 Å². The van der Waals surface area contributed by atoms with Gasteiger partial charge < -0.3 is 10.1 Å². The van der Waals surface area contributed by atoms with Crippen molar-refractivity contribution in [1.82, 2.24) is 24.5 Å². The number of aryl methyl sites for hydroxylation is 1. The van der Waals surface area contributed by atoms with Crippen molar-refractivity contribution in [3.05, 3.63) is 29.4 Å². The molecule has 0 bridgehead atoms. The normalized spacial score (nSPS) is 13.2. The molecule has 0 aliphatic carbocycles. The average molecular weight is 334 g/mol. The minimum Gasteiger partial charge on any atom is -0.480 e. The van der Waals surface area contributed by atoms with Crippen LogP contribution in [0.25, 0.3) is 0 Å². The molecular weight excluding hydrogens is 322 g/mol. The Kier molecular flexibility index (Phi) is 4.30. The lowest BCUT2D eigenvalue weighted by atomic mass is 10.2. The van der Waals surface area contributed by atoms with Gasteiger partial charge in [0.25, 0.3) is 10.0 Å². The number of imidazole rings is 1. The van der Waals surface area contributed by atoms with Gasteiger partial charge in [-0.15, -0.1) is 0 Å². The summed E-state index contributed by atoms with van der Waals surface area (Å²) in [6.07, 6.45) is 3.88. The number of H-pyrrole nitrogens is 1. The van der Waals surface area contributed by atoms with Gasteiger partial charge in [-0.05, 0) is 0 Å². The topological polar surface area (TPSA) is 130 Å². The Balaban J connectivity index is 2.26. The molecule has 11 heteroatoms. The van der Waals surface area contributed by atoms with Crippen LogP contribution in [-0.2, 0) is 28.3 Å². The third-order valence-electron chi connectivity index (χ3n) is 2.67. The zero-order valence-electron chi connectivity index (χ0n) is 10.8. The molecule has 2 aromatic heterocycles. The first kappa shape index (κ1) is 15.5. The van der Waals surface area contributed by atoms with Gasteiger partial charge in [0.2, 0.25) is 0 Å². The fourth-order valence-electron chi connectivity index (χ4n) is 1.74. The number of aromatic amines is 1. The molecule has 0 spiro atoms. The molecule has 114 valence electrons. The molecule has 0 aliphatic rings. The molecule has 1 atom stereocenters. The van der Waals surface area contributed by atoms with E-state index in [9.17, 15) is 13.2 Å². The largest absolute Gasteiger partial charge is 0.480 e. The standard InChI is InChI=1S/C10H12ClN5O4S/c1-16-9(7(11)4-14-16)21(19,20)15-8(10(17)18)2-6-3-12-5-13-6/h3-5,8,15H,2H2,1H3,(H,12,13)(H,17,18). The van der Waals surface area contributed by atoms with Gasteiger partial charge >= 0.3 is 5.97 Å². The van der Waals surface area contributed by atoms with Crippen LogP contribution >= 0.6 is 11.6 Å². The second kappa shape index (κ2) is 5.84. The van der Waals surface area contributed by atoms with E-state index in [-0.39, 0.29) is 16.5 Å². The predicted octanol–water partition coefficient (Wildman–Crippen LogP) is -0.229. The van der Waals surface area contributed by atoms with Gasteiger partial charge in [0, 0.05) is 25.4 Å². The number of sulfonamides is 1. The summed E-state index contributed by atoms with van der Waals surface area (Å²) in [6.45, 7) is 0. The Bertz CT molecular complexity index is 720. The fourth-order valence-corrected chi connectivity index (χ4v) is 3.59. The third-order valence-corrected chi connectivity index (χ3v) is 4.65. The van der Waals surface area contributed by atoms with Crippen LogP contribution in [0.2, 0.25) is 5.02 Å². The van der Waals surface area contributed by atoms with Crippen molar-refractivity contribution < 1.29 is 18.3 Å². The van der Waals surface area contributed by atoms with Crippen LogP contribution in [-0.4, -0.2) is 45.3 Å². The zero-order chi connectivity index (χ0) is 15.6. The van der Waals surface area contributed by atoms with E-state index in [4.69, 9.17) is 16.7 Å². The smallest absolute Gasteiger partial charge is 0.322 e. The van der Waals surface area contributed by atoms with Crippen LogP contribution in [0.3, 0.4) is 0 Å². The summed E-state index contributed by atoms with van der Waals surface area (Å²) in [5.41, 5.74) is 0.487. The molecule has 0 saturated heterocycles. The van der Waals surface area contributed by atoms with E-state index in [1.165, 1.54) is 25.8 Å². The fraction of sp³-hybridized carbons (Fsp3) is 0.300. The van der Waals surface area contributed by atoms with Gasteiger partial charge in [0.1, 0.15) is 6.04 Å². The first-order valence-electron chi connectivity index (χ1n) is 5.71. The number of nitrogens with zero attached hydrogens (tertiary/aromatic N) is 3. The Morgan fingerprint density at radius 1 is 1.57 bits per heavy atom. The van der Waals surface area contributed by atoms with Crippen LogP contribution in [0.1, 0.15) is 5.69 Å². The van der Waals surface area contributed by atoms with Gasteiger partial charge in [0.05, 0.1) is 17.5 Å². The maximum Gasteiger partial charge on any atom is 0.322 e. The van der Waals surface area contributed by atoms with E-state index < -0.39 is 22.0 Å². The summed E-state index contributed by atoms with van der Waals surface area (Å²) in [6, 6.07) is -1.36. The highest BCUT2D eigenvalue weighted by Crippen LogP contribution is 2.20. The highest BCUT2D eigenvalue weighted by Gasteiger charge is 2.29. The van der Waals surface area contributed by atoms with Crippen molar-refractivity contribution in [3.8, 4) is 0 Å². The molecule has 0 saturated carbocycles. The molecule has 1 unspecified atom stereocenters. The van der Waals surface area contributed by atoms with Crippen LogP contribution < -0.4 is 4.72 Å². The Morgan fingerprint density at radius 3 is 2.76 bits per heavy atom.